The van der Waals surface area contributed by atoms with Gasteiger partial charge in [0.25, 0.3) is 0 Å². The second-order valence-electron chi connectivity index (χ2n) is 4.20. The third-order valence-corrected chi connectivity index (χ3v) is 2.80. The molecule has 2 rings (SSSR count). The zero-order valence-corrected chi connectivity index (χ0v) is 11.1. The topological polar surface area (TPSA) is 96.2 Å². The highest BCUT2D eigenvalue weighted by Crippen LogP contribution is 2.14. The summed E-state index contributed by atoms with van der Waals surface area (Å²) < 4.78 is 0. The van der Waals surface area contributed by atoms with Crippen molar-refractivity contribution in [1.29, 1.82) is 0 Å². The lowest BCUT2D eigenvalue weighted by atomic mass is 10.2. The molecular weight excluding hydrogens is 268 g/mol. The zero-order valence-electron chi connectivity index (χ0n) is 10.3. The van der Waals surface area contributed by atoms with E-state index in [9.17, 15) is 9.59 Å². The fraction of sp³-hybridized carbons (Fsp3) is 0.333. The number of carbonyl (C=O) groups excluding carboxylic acids is 2. The Kier molecular flexibility index (Phi) is 5.59. The lowest BCUT2D eigenvalue weighted by molar-refractivity contribution is -0.117. The van der Waals surface area contributed by atoms with E-state index in [1.54, 1.807) is 24.3 Å². The van der Waals surface area contributed by atoms with Gasteiger partial charge in [0.2, 0.25) is 5.91 Å². The van der Waals surface area contributed by atoms with Crippen molar-refractivity contribution >= 4 is 35.7 Å². The number of anilines is 2. The summed E-state index contributed by atoms with van der Waals surface area (Å²) in [6.07, 6.45) is 1.90. The Morgan fingerprint density at radius 3 is 2.21 bits per heavy atom. The minimum absolute atomic E-state index is 0. The molecule has 1 aliphatic rings. The molecule has 0 unspecified atom stereocenters. The summed E-state index contributed by atoms with van der Waals surface area (Å²) in [7, 11) is 0. The quantitative estimate of drug-likeness (QED) is 0.673. The number of hydrogen-bond acceptors (Lipinski definition) is 3. The van der Waals surface area contributed by atoms with Gasteiger partial charge in [0.1, 0.15) is 0 Å². The van der Waals surface area contributed by atoms with Gasteiger partial charge in [0, 0.05) is 11.4 Å². The molecule has 1 heterocycles. The lowest BCUT2D eigenvalue weighted by Crippen LogP contribution is -2.35. The predicted octanol–water partition coefficient (Wildman–Crippen LogP) is 1.29. The molecule has 0 bridgehead atoms. The van der Waals surface area contributed by atoms with Gasteiger partial charge in [-0.25, -0.2) is 4.79 Å². The van der Waals surface area contributed by atoms with E-state index in [-0.39, 0.29) is 24.4 Å². The largest absolute Gasteiger partial charge is 0.351 e. The number of halogens is 1. The number of nitrogens with two attached hydrogens (primary N) is 1. The summed E-state index contributed by atoms with van der Waals surface area (Å²) in [5.74, 6) is -0.0249. The number of nitrogens with one attached hydrogen (secondary N) is 3. The van der Waals surface area contributed by atoms with Gasteiger partial charge in [-0.2, -0.15) is 0 Å². The average molecular weight is 285 g/mol. The van der Waals surface area contributed by atoms with Crippen molar-refractivity contribution in [1.82, 2.24) is 5.32 Å². The van der Waals surface area contributed by atoms with Crippen LogP contribution in [0.5, 0.6) is 0 Å². The molecular formula is C12H17ClN4O2. The number of primary amides is 1. The summed E-state index contributed by atoms with van der Waals surface area (Å²) >= 11 is 0. The van der Waals surface area contributed by atoms with Crippen LogP contribution in [-0.4, -0.2) is 24.5 Å². The third kappa shape index (κ3) is 4.42. The maximum absolute atomic E-state index is 11.8. The van der Waals surface area contributed by atoms with Gasteiger partial charge in [0.15, 0.2) is 0 Å². The Balaban J connectivity index is 0.00000180. The van der Waals surface area contributed by atoms with Crippen LogP contribution in [0.2, 0.25) is 0 Å². The van der Waals surface area contributed by atoms with Crippen LogP contribution in [0, 0.1) is 0 Å². The zero-order chi connectivity index (χ0) is 13.0. The first-order valence-electron chi connectivity index (χ1n) is 5.86. The number of carbonyl (C=O) groups is 2. The van der Waals surface area contributed by atoms with E-state index in [4.69, 9.17) is 5.73 Å². The van der Waals surface area contributed by atoms with Gasteiger partial charge in [0.05, 0.1) is 6.04 Å². The second-order valence-corrected chi connectivity index (χ2v) is 4.20. The minimum atomic E-state index is -0.609. The summed E-state index contributed by atoms with van der Waals surface area (Å²) in [5.41, 5.74) is 6.29. The second kappa shape index (κ2) is 6.96. The molecule has 1 atom stereocenters. The maximum Gasteiger partial charge on any atom is 0.316 e. The molecule has 0 aliphatic carbocycles. The van der Waals surface area contributed by atoms with Crippen LogP contribution < -0.4 is 21.7 Å². The van der Waals surface area contributed by atoms with Crippen molar-refractivity contribution in [3.8, 4) is 0 Å². The van der Waals surface area contributed by atoms with Gasteiger partial charge >= 0.3 is 6.03 Å². The maximum atomic E-state index is 11.8. The van der Waals surface area contributed by atoms with Gasteiger partial charge in [-0.1, -0.05) is 0 Å². The van der Waals surface area contributed by atoms with E-state index in [1.165, 1.54) is 0 Å². The van der Waals surface area contributed by atoms with E-state index in [0.29, 0.717) is 11.4 Å². The molecule has 1 aromatic rings. The van der Waals surface area contributed by atoms with E-state index >= 15 is 0 Å². The molecule has 1 fully saturated rings. The van der Waals surface area contributed by atoms with Crippen LogP contribution in [0.1, 0.15) is 12.8 Å². The van der Waals surface area contributed by atoms with Crippen LogP contribution in [0.3, 0.4) is 0 Å². The molecule has 0 spiro atoms. The molecule has 0 saturated carbocycles. The predicted molar refractivity (Wildman–Crippen MR) is 76.6 cm³/mol. The summed E-state index contributed by atoms with van der Waals surface area (Å²) in [4.78, 5) is 22.5. The van der Waals surface area contributed by atoms with Gasteiger partial charge in [-0.05, 0) is 43.7 Å². The molecule has 1 aliphatic heterocycles. The molecule has 1 aromatic carbocycles. The van der Waals surface area contributed by atoms with Gasteiger partial charge in [-0.3, -0.25) is 4.79 Å². The standard InChI is InChI=1S/C12H16N4O2.ClH/c13-12(18)16-9-5-3-8(4-6-9)15-11(17)10-2-1-7-14-10;/h3-6,10,14H,1-2,7H2,(H,15,17)(H3,13,16,18);1H/t10-;/m0./s1. The normalized spacial score (nSPS) is 17.4. The summed E-state index contributed by atoms with van der Waals surface area (Å²) in [6, 6.07) is 6.09. The Labute approximate surface area is 117 Å². The van der Waals surface area contributed by atoms with Crippen LogP contribution in [0.4, 0.5) is 16.2 Å². The highest BCUT2D eigenvalue weighted by atomic mass is 35.5. The van der Waals surface area contributed by atoms with Crippen LogP contribution >= 0.6 is 12.4 Å². The number of rotatable bonds is 3. The first-order valence-corrected chi connectivity index (χ1v) is 5.86. The molecule has 0 aromatic heterocycles. The number of amides is 3. The molecule has 0 radical (unpaired) electrons. The molecule has 1 saturated heterocycles. The molecule has 104 valence electrons. The van der Waals surface area contributed by atoms with Crippen molar-refractivity contribution in [2.45, 2.75) is 18.9 Å². The molecule has 7 heteroatoms. The Bertz CT molecular complexity index is 444. The molecule has 19 heavy (non-hydrogen) atoms. The Morgan fingerprint density at radius 1 is 1.16 bits per heavy atom. The van der Waals surface area contributed by atoms with Crippen LogP contribution in [-0.2, 0) is 4.79 Å². The SMILES string of the molecule is Cl.NC(=O)Nc1ccc(NC(=O)[C@@H]2CCCN2)cc1. The Morgan fingerprint density at radius 2 is 1.74 bits per heavy atom. The molecule has 3 amide bonds. The van der Waals surface area contributed by atoms with E-state index < -0.39 is 6.03 Å². The van der Waals surface area contributed by atoms with Crippen LogP contribution in [0.15, 0.2) is 24.3 Å². The van der Waals surface area contributed by atoms with Gasteiger partial charge < -0.3 is 21.7 Å². The highest BCUT2D eigenvalue weighted by Gasteiger charge is 2.21. The lowest BCUT2D eigenvalue weighted by Gasteiger charge is -2.11. The van der Waals surface area contributed by atoms with E-state index in [1.807, 2.05) is 0 Å². The van der Waals surface area contributed by atoms with Crippen molar-refractivity contribution in [3.63, 3.8) is 0 Å². The van der Waals surface area contributed by atoms with Crippen molar-refractivity contribution in [3.05, 3.63) is 24.3 Å². The number of hydrogen-bond donors (Lipinski definition) is 4. The molecule has 5 N–H and O–H groups in total. The first kappa shape index (κ1) is 15.3. The van der Waals surface area contributed by atoms with Crippen molar-refractivity contribution < 1.29 is 9.59 Å². The van der Waals surface area contributed by atoms with Gasteiger partial charge in [-0.15, -0.1) is 12.4 Å². The Hall–Kier alpha value is -1.79. The fourth-order valence-corrected chi connectivity index (χ4v) is 1.92. The summed E-state index contributed by atoms with van der Waals surface area (Å²) in [6.45, 7) is 0.888. The third-order valence-electron chi connectivity index (χ3n) is 2.80. The van der Waals surface area contributed by atoms with Crippen molar-refractivity contribution in [2.24, 2.45) is 5.73 Å². The summed E-state index contributed by atoms with van der Waals surface area (Å²) in [5, 5.41) is 8.40. The monoisotopic (exact) mass is 284 g/mol. The number of benzene rings is 1. The van der Waals surface area contributed by atoms with Crippen molar-refractivity contribution in [2.75, 3.05) is 17.2 Å². The molecule has 6 nitrogen and oxygen atoms in total. The highest BCUT2D eigenvalue weighted by molar-refractivity contribution is 5.95. The fourth-order valence-electron chi connectivity index (χ4n) is 1.92. The number of urea groups is 1. The average Bonchev–Trinajstić information content (AvgIpc) is 2.84. The van der Waals surface area contributed by atoms with E-state index in [0.717, 1.165) is 19.4 Å². The smallest absolute Gasteiger partial charge is 0.316 e. The van der Waals surface area contributed by atoms with Crippen LogP contribution in [0.25, 0.3) is 0 Å². The van der Waals surface area contributed by atoms with E-state index in [2.05, 4.69) is 16.0 Å². The first-order chi connectivity index (χ1) is 8.65. The minimum Gasteiger partial charge on any atom is -0.351 e.